The number of pyridine rings is 1. The lowest BCUT2D eigenvalue weighted by molar-refractivity contribution is 0.0904. The smallest absolute Gasteiger partial charge is 0.130 e. The van der Waals surface area contributed by atoms with Gasteiger partial charge in [-0.1, -0.05) is 6.07 Å². The molecule has 4 nitrogen and oxygen atoms in total. The van der Waals surface area contributed by atoms with E-state index in [2.05, 4.69) is 10.3 Å². The number of ether oxygens (including phenoxy) is 1. The number of nitrogens with zero attached hydrogens (tertiary/aromatic N) is 2. The van der Waals surface area contributed by atoms with Crippen molar-refractivity contribution >= 4 is 11.6 Å². The van der Waals surface area contributed by atoms with Gasteiger partial charge in [0, 0.05) is 33.4 Å². The Labute approximate surface area is 96.6 Å². The van der Waals surface area contributed by atoms with E-state index in [1.807, 2.05) is 37.2 Å². The van der Waals surface area contributed by atoms with Gasteiger partial charge in [-0.25, -0.2) is 4.98 Å². The quantitative estimate of drug-likeness (QED) is 0.843. The van der Waals surface area contributed by atoms with E-state index in [9.17, 15) is 0 Å². The van der Waals surface area contributed by atoms with Crippen LogP contribution in [0.3, 0.4) is 0 Å². The summed E-state index contributed by atoms with van der Waals surface area (Å²) in [6.45, 7) is 1.70. The van der Waals surface area contributed by atoms with E-state index in [1.165, 1.54) is 0 Å². The van der Waals surface area contributed by atoms with Crippen molar-refractivity contribution in [1.82, 2.24) is 4.98 Å². The first-order valence-electron chi connectivity index (χ1n) is 5.74. The maximum atomic E-state index is 5.33. The molecule has 1 aromatic heterocycles. The van der Waals surface area contributed by atoms with Gasteiger partial charge in [0.15, 0.2) is 0 Å². The Hall–Kier alpha value is -1.29. The molecule has 1 fully saturated rings. The van der Waals surface area contributed by atoms with Crippen molar-refractivity contribution in [3.8, 4) is 0 Å². The second-order valence-electron chi connectivity index (χ2n) is 4.31. The average Bonchev–Trinajstić information content (AvgIpc) is 2.30. The molecule has 0 amide bonds. The van der Waals surface area contributed by atoms with Crippen LogP contribution in [-0.4, -0.2) is 38.3 Å². The van der Waals surface area contributed by atoms with Crippen LogP contribution in [0.15, 0.2) is 18.2 Å². The van der Waals surface area contributed by atoms with Crippen molar-refractivity contribution in [2.45, 2.75) is 18.9 Å². The van der Waals surface area contributed by atoms with E-state index in [4.69, 9.17) is 4.74 Å². The van der Waals surface area contributed by atoms with Gasteiger partial charge in [0.2, 0.25) is 0 Å². The fourth-order valence-electron chi connectivity index (χ4n) is 1.80. The van der Waals surface area contributed by atoms with Gasteiger partial charge in [-0.2, -0.15) is 0 Å². The summed E-state index contributed by atoms with van der Waals surface area (Å²) in [5.41, 5.74) is 0. The first-order valence-corrected chi connectivity index (χ1v) is 5.74. The molecule has 0 atom stereocenters. The van der Waals surface area contributed by atoms with Gasteiger partial charge in [0.05, 0.1) is 0 Å². The number of anilines is 2. The third kappa shape index (κ3) is 2.85. The van der Waals surface area contributed by atoms with Crippen molar-refractivity contribution in [3.05, 3.63) is 18.2 Å². The summed E-state index contributed by atoms with van der Waals surface area (Å²) < 4.78 is 5.33. The average molecular weight is 221 g/mol. The molecule has 1 saturated heterocycles. The molecule has 0 radical (unpaired) electrons. The molecule has 0 spiro atoms. The second kappa shape index (κ2) is 5.16. The molecule has 1 aliphatic heterocycles. The van der Waals surface area contributed by atoms with Crippen molar-refractivity contribution in [1.29, 1.82) is 0 Å². The van der Waals surface area contributed by atoms with Crippen LogP contribution in [0.4, 0.5) is 11.6 Å². The Kier molecular flexibility index (Phi) is 3.62. The molecular weight excluding hydrogens is 202 g/mol. The largest absolute Gasteiger partial charge is 0.381 e. The normalized spacial score (nSPS) is 17.1. The molecule has 1 N–H and O–H groups in total. The molecule has 0 aliphatic carbocycles. The number of rotatable bonds is 3. The lowest BCUT2D eigenvalue weighted by Crippen LogP contribution is -2.28. The molecule has 0 unspecified atom stereocenters. The molecular formula is C12H19N3O. The van der Waals surface area contributed by atoms with E-state index < -0.39 is 0 Å². The Balaban J connectivity index is 2.00. The van der Waals surface area contributed by atoms with Gasteiger partial charge in [-0.15, -0.1) is 0 Å². The van der Waals surface area contributed by atoms with Crippen molar-refractivity contribution < 1.29 is 4.74 Å². The molecule has 2 rings (SSSR count). The number of hydrogen-bond donors (Lipinski definition) is 1. The van der Waals surface area contributed by atoms with Crippen LogP contribution in [0.2, 0.25) is 0 Å². The van der Waals surface area contributed by atoms with Gasteiger partial charge < -0.3 is 15.0 Å². The van der Waals surface area contributed by atoms with Crippen molar-refractivity contribution in [2.75, 3.05) is 37.5 Å². The summed E-state index contributed by atoms with van der Waals surface area (Å²) in [5, 5.41) is 3.46. The minimum absolute atomic E-state index is 0.499. The lowest BCUT2D eigenvalue weighted by atomic mass is 10.1. The van der Waals surface area contributed by atoms with Crippen molar-refractivity contribution in [3.63, 3.8) is 0 Å². The first kappa shape index (κ1) is 11.2. The molecule has 0 aromatic carbocycles. The Morgan fingerprint density at radius 3 is 2.75 bits per heavy atom. The zero-order valence-electron chi connectivity index (χ0n) is 9.94. The lowest BCUT2D eigenvalue weighted by Gasteiger charge is -2.24. The number of nitrogens with one attached hydrogen (secondary N) is 1. The predicted molar refractivity (Wildman–Crippen MR) is 66.0 cm³/mol. The first-order chi connectivity index (χ1) is 7.75. The van der Waals surface area contributed by atoms with Crippen LogP contribution < -0.4 is 10.2 Å². The van der Waals surface area contributed by atoms with E-state index >= 15 is 0 Å². The highest BCUT2D eigenvalue weighted by Gasteiger charge is 2.13. The minimum atomic E-state index is 0.499. The zero-order valence-corrected chi connectivity index (χ0v) is 9.94. The summed E-state index contributed by atoms with van der Waals surface area (Å²) in [6, 6.07) is 6.56. The van der Waals surface area contributed by atoms with E-state index in [0.29, 0.717) is 6.04 Å². The predicted octanol–water partition coefficient (Wildman–Crippen LogP) is 1.74. The van der Waals surface area contributed by atoms with E-state index in [-0.39, 0.29) is 0 Å². The molecule has 88 valence electrons. The minimum Gasteiger partial charge on any atom is -0.381 e. The fourth-order valence-corrected chi connectivity index (χ4v) is 1.80. The molecule has 2 heterocycles. The summed E-state index contributed by atoms with van der Waals surface area (Å²) in [4.78, 5) is 6.55. The third-order valence-corrected chi connectivity index (χ3v) is 2.77. The Bertz CT molecular complexity index is 335. The standard InChI is InChI=1S/C12H19N3O/c1-15(2)12-5-3-4-11(14-12)13-10-6-8-16-9-7-10/h3-5,10H,6-9H2,1-2H3,(H,13,14). The maximum absolute atomic E-state index is 5.33. The van der Waals surface area contributed by atoms with Crippen LogP contribution in [-0.2, 0) is 4.74 Å². The topological polar surface area (TPSA) is 37.4 Å². The monoisotopic (exact) mass is 221 g/mol. The summed E-state index contributed by atoms with van der Waals surface area (Å²) >= 11 is 0. The van der Waals surface area contributed by atoms with E-state index in [0.717, 1.165) is 37.7 Å². The summed E-state index contributed by atoms with van der Waals surface area (Å²) in [6.07, 6.45) is 2.13. The summed E-state index contributed by atoms with van der Waals surface area (Å²) in [7, 11) is 4.00. The van der Waals surface area contributed by atoms with Crippen LogP contribution in [0, 0.1) is 0 Å². The molecule has 1 aliphatic rings. The van der Waals surface area contributed by atoms with Gasteiger partial charge in [0.1, 0.15) is 11.6 Å². The Morgan fingerprint density at radius 2 is 2.06 bits per heavy atom. The third-order valence-electron chi connectivity index (χ3n) is 2.77. The number of aromatic nitrogens is 1. The second-order valence-corrected chi connectivity index (χ2v) is 4.31. The highest BCUT2D eigenvalue weighted by atomic mass is 16.5. The molecule has 1 aromatic rings. The number of hydrogen-bond acceptors (Lipinski definition) is 4. The van der Waals surface area contributed by atoms with Gasteiger partial charge in [-0.3, -0.25) is 0 Å². The molecule has 4 heteroatoms. The van der Waals surface area contributed by atoms with Crippen LogP contribution >= 0.6 is 0 Å². The fraction of sp³-hybridized carbons (Fsp3) is 0.583. The van der Waals surface area contributed by atoms with Gasteiger partial charge in [-0.05, 0) is 25.0 Å². The SMILES string of the molecule is CN(C)c1cccc(NC2CCOCC2)n1. The van der Waals surface area contributed by atoms with Gasteiger partial charge >= 0.3 is 0 Å². The zero-order chi connectivity index (χ0) is 11.4. The highest BCUT2D eigenvalue weighted by Crippen LogP contribution is 2.16. The molecule has 0 bridgehead atoms. The Morgan fingerprint density at radius 1 is 1.31 bits per heavy atom. The van der Waals surface area contributed by atoms with Crippen molar-refractivity contribution in [2.24, 2.45) is 0 Å². The van der Waals surface area contributed by atoms with Crippen LogP contribution in [0.5, 0.6) is 0 Å². The van der Waals surface area contributed by atoms with Gasteiger partial charge in [0.25, 0.3) is 0 Å². The molecule has 0 saturated carbocycles. The van der Waals surface area contributed by atoms with E-state index in [1.54, 1.807) is 0 Å². The maximum Gasteiger partial charge on any atom is 0.130 e. The summed E-state index contributed by atoms with van der Waals surface area (Å²) in [5.74, 6) is 1.94. The van der Waals surface area contributed by atoms with Crippen LogP contribution in [0.1, 0.15) is 12.8 Å². The molecule has 16 heavy (non-hydrogen) atoms. The van der Waals surface area contributed by atoms with Crippen LogP contribution in [0.25, 0.3) is 0 Å². The highest BCUT2D eigenvalue weighted by molar-refractivity contribution is 5.46.